The number of phenols is 1. The molecule has 2 aromatic heterocycles. The van der Waals surface area contributed by atoms with Gasteiger partial charge in [0.15, 0.2) is 5.65 Å². The molecule has 0 saturated carbocycles. The zero-order chi connectivity index (χ0) is 20.0. The maximum atomic E-state index is 12.3. The Hall–Kier alpha value is -4.14. The number of ether oxygens (including phenoxy) is 1. The number of aromatic carboxylic acids is 1. The lowest BCUT2D eigenvalue weighted by atomic mass is 10.1. The Morgan fingerprint density at radius 2 is 1.79 bits per heavy atom. The van der Waals surface area contributed by atoms with Gasteiger partial charge >= 0.3 is 11.9 Å². The van der Waals surface area contributed by atoms with Crippen molar-refractivity contribution in [3.63, 3.8) is 0 Å². The first-order valence-electron chi connectivity index (χ1n) is 8.14. The summed E-state index contributed by atoms with van der Waals surface area (Å²) in [4.78, 5) is 32.8. The molecule has 0 radical (unpaired) electrons. The minimum atomic E-state index is -1.31. The standard InChI is InChI=1S/C19H14N4O5/c1-28-19(27)14-15-17(22-12-5-3-2-4-11(12)21-15)23(16(14)20)9-6-7-13(24)10(8-9)18(25)26/h2-8,24H,20H2,1H3,(H,25,26). The van der Waals surface area contributed by atoms with Crippen LogP contribution in [0.1, 0.15) is 20.7 Å². The summed E-state index contributed by atoms with van der Waals surface area (Å²) in [7, 11) is 1.22. The smallest absolute Gasteiger partial charge is 0.343 e. The van der Waals surface area contributed by atoms with Crippen molar-refractivity contribution in [2.45, 2.75) is 0 Å². The summed E-state index contributed by atoms with van der Waals surface area (Å²) < 4.78 is 6.24. The van der Waals surface area contributed by atoms with Gasteiger partial charge in [0.2, 0.25) is 0 Å². The number of rotatable bonds is 3. The third kappa shape index (κ3) is 2.49. The number of hydrogen-bond acceptors (Lipinski definition) is 7. The molecule has 4 aromatic rings. The van der Waals surface area contributed by atoms with Crippen molar-refractivity contribution in [2.75, 3.05) is 12.8 Å². The fourth-order valence-electron chi connectivity index (χ4n) is 3.06. The topological polar surface area (TPSA) is 141 Å². The van der Waals surface area contributed by atoms with E-state index in [1.165, 1.54) is 29.9 Å². The van der Waals surface area contributed by atoms with E-state index in [1.807, 2.05) is 0 Å². The summed E-state index contributed by atoms with van der Waals surface area (Å²) in [6.45, 7) is 0. The van der Waals surface area contributed by atoms with Crippen molar-refractivity contribution in [2.24, 2.45) is 0 Å². The van der Waals surface area contributed by atoms with Crippen molar-refractivity contribution < 1.29 is 24.5 Å². The number of nitrogen functional groups attached to an aromatic ring is 1. The molecular weight excluding hydrogens is 364 g/mol. The van der Waals surface area contributed by atoms with Gasteiger partial charge in [0.25, 0.3) is 0 Å². The summed E-state index contributed by atoms with van der Waals surface area (Å²) in [6, 6.07) is 11.0. The van der Waals surface area contributed by atoms with Gasteiger partial charge in [-0.1, -0.05) is 12.1 Å². The first-order valence-corrected chi connectivity index (χ1v) is 8.14. The van der Waals surface area contributed by atoms with E-state index in [1.54, 1.807) is 24.3 Å². The van der Waals surface area contributed by atoms with Crippen LogP contribution in [0, 0.1) is 0 Å². The Balaban J connectivity index is 2.12. The minimum absolute atomic E-state index is 0.000755. The van der Waals surface area contributed by atoms with Crippen molar-refractivity contribution >= 4 is 40.0 Å². The molecule has 0 bridgehead atoms. The van der Waals surface area contributed by atoms with Crippen molar-refractivity contribution in [3.8, 4) is 11.4 Å². The molecule has 0 amide bonds. The zero-order valence-electron chi connectivity index (χ0n) is 14.6. The molecule has 2 heterocycles. The number of nitrogens with zero attached hydrogens (tertiary/aromatic N) is 3. The summed E-state index contributed by atoms with van der Waals surface area (Å²) in [5.41, 5.74) is 7.87. The second-order valence-electron chi connectivity index (χ2n) is 5.98. The number of anilines is 1. The average molecular weight is 378 g/mol. The number of aromatic hydroxyl groups is 1. The number of aromatic nitrogens is 3. The first-order chi connectivity index (χ1) is 13.4. The van der Waals surface area contributed by atoms with Gasteiger partial charge in [-0.2, -0.15) is 0 Å². The number of hydrogen-bond donors (Lipinski definition) is 3. The van der Waals surface area contributed by atoms with Crippen LogP contribution in [-0.2, 0) is 4.74 Å². The summed E-state index contributed by atoms with van der Waals surface area (Å²) in [5, 5.41) is 19.1. The molecule has 28 heavy (non-hydrogen) atoms. The molecule has 0 fully saturated rings. The lowest BCUT2D eigenvalue weighted by Crippen LogP contribution is -2.08. The maximum absolute atomic E-state index is 12.3. The number of para-hydroxylation sites is 2. The fraction of sp³-hybridized carbons (Fsp3) is 0.0526. The third-order valence-corrected chi connectivity index (χ3v) is 4.36. The molecule has 9 heteroatoms. The van der Waals surface area contributed by atoms with Gasteiger partial charge in [-0.3, -0.25) is 4.57 Å². The number of esters is 1. The molecule has 2 aromatic carbocycles. The summed E-state index contributed by atoms with van der Waals surface area (Å²) in [5.74, 6) is -2.39. The largest absolute Gasteiger partial charge is 0.507 e. The highest BCUT2D eigenvalue weighted by Gasteiger charge is 2.26. The molecule has 0 aliphatic rings. The number of benzene rings is 2. The van der Waals surface area contributed by atoms with Gasteiger partial charge < -0.3 is 20.7 Å². The minimum Gasteiger partial charge on any atom is -0.507 e. The number of carbonyl (C=O) groups is 2. The van der Waals surface area contributed by atoms with E-state index in [-0.39, 0.29) is 28.1 Å². The van der Waals surface area contributed by atoms with Crippen LogP contribution in [0.2, 0.25) is 0 Å². The Bertz CT molecular complexity index is 1280. The molecule has 4 rings (SSSR count). The molecule has 0 spiro atoms. The molecular formula is C19H14N4O5. The Labute approximate surface area is 157 Å². The van der Waals surface area contributed by atoms with E-state index in [0.29, 0.717) is 16.7 Å². The molecule has 0 aliphatic heterocycles. The van der Waals surface area contributed by atoms with Crippen LogP contribution in [0.3, 0.4) is 0 Å². The maximum Gasteiger partial charge on any atom is 0.343 e. The second kappa shape index (κ2) is 6.23. The van der Waals surface area contributed by atoms with Crippen LogP contribution in [0.4, 0.5) is 5.82 Å². The van der Waals surface area contributed by atoms with E-state index in [0.717, 1.165) is 0 Å². The number of carboxylic acids is 1. The molecule has 0 atom stereocenters. The predicted molar refractivity (Wildman–Crippen MR) is 101 cm³/mol. The number of carbonyl (C=O) groups excluding carboxylic acids is 1. The van der Waals surface area contributed by atoms with Gasteiger partial charge in [-0.05, 0) is 30.3 Å². The number of fused-ring (bicyclic) bond motifs is 2. The van der Waals surface area contributed by atoms with Crippen LogP contribution >= 0.6 is 0 Å². The molecule has 0 saturated heterocycles. The quantitative estimate of drug-likeness (QED) is 0.461. The van der Waals surface area contributed by atoms with E-state index in [2.05, 4.69) is 9.97 Å². The number of nitrogens with two attached hydrogens (primary N) is 1. The van der Waals surface area contributed by atoms with Crippen molar-refractivity contribution in [1.29, 1.82) is 0 Å². The lowest BCUT2D eigenvalue weighted by molar-refractivity contribution is 0.0602. The lowest BCUT2D eigenvalue weighted by Gasteiger charge is -2.09. The molecule has 4 N–H and O–H groups in total. The van der Waals surface area contributed by atoms with E-state index < -0.39 is 17.7 Å². The summed E-state index contributed by atoms with van der Waals surface area (Å²) >= 11 is 0. The number of carboxylic acid groups (broad SMARTS) is 1. The van der Waals surface area contributed by atoms with Crippen molar-refractivity contribution in [1.82, 2.24) is 14.5 Å². The monoisotopic (exact) mass is 378 g/mol. The third-order valence-electron chi connectivity index (χ3n) is 4.36. The van der Waals surface area contributed by atoms with Crippen LogP contribution in [0.25, 0.3) is 27.9 Å². The van der Waals surface area contributed by atoms with Crippen LogP contribution < -0.4 is 5.73 Å². The van der Waals surface area contributed by atoms with Crippen LogP contribution in [-0.4, -0.2) is 43.8 Å². The van der Waals surface area contributed by atoms with Crippen LogP contribution in [0.5, 0.6) is 5.75 Å². The Morgan fingerprint density at radius 3 is 2.43 bits per heavy atom. The molecule has 0 unspecified atom stereocenters. The average Bonchev–Trinajstić information content (AvgIpc) is 2.96. The highest BCUT2D eigenvalue weighted by molar-refractivity contribution is 6.09. The van der Waals surface area contributed by atoms with E-state index in [4.69, 9.17) is 10.5 Å². The zero-order valence-corrected chi connectivity index (χ0v) is 14.6. The highest BCUT2D eigenvalue weighted by atomic mass is 16.5. The van der Waals surface area contributed by atoms with Gasteiger partial charge in [-0.25, -0.2) is 19.6 Å². The predicted octanol–water partition coefficient (Wildman–Crippen LogP) is 2.35. The van der Waals surface area contributed by atoms with Gasteiger partial charge in [0.1, 0.15) is 28.2 Å². The van der Waals surface area contributed by atoms with Gasteiger partial charge in [0, 0.05) is 0 Å². The van der Waals surface area contributed by atoms with Gasteiger partial charge in [0.05, 0.1) is 23.8 Å². The number of methoxy groups -OCH3 is 1. The Kier molecular flexibility index (Phi) is 3.85. The SMILES string of the molecule is COC(=O)c1c(N)n(-c2ccc(O)c(C(=O)O)c2)c2nc3ccccc3nc12. The molecule has 9 nitrogen and oxygen atoms in total. The normalized spacial score (nSPS) is 11.0. The van der Waals surface area contributed by atoms with Gasteiger partial charge in [-0.15, -0.1) is 0 Å². The Morgan fingerprint density at radius 1 is 1.11 bits per heavy atom. The van der Waals surface area contributed by atoms with E-state index >= 15 is 0 Å². The second-order valence-corrected chi connectivity index (χ2v) is 5.98. The van der Waals surface area contributed by atoms with E-state index in [9.17, 15) is 19.8 Å². The highest BCUT2D eigenvalue weighted by Crippen LogP contribution is 2.32. The van der Waals surface area contributed by atoms with Crippen LogP contribution in [0.15, 0.2) is 42.5 Å². The van der Waals surface area contributed by atoms with Crippen molar-refractivity contribution in [3.05, 3.63) is 53.6 Å². The summed E-state index contributed by atoms with van der Waals surface area (Å²) in [6.07, 6.45) is 0. The first kappa shape index (κ1) is 17.3. The fourth-order valence-corrected chi connectivity index (χ4v) is 3.06. The molecule has 140 valence electrons. The molecule has 0 aliphatic carbocycles.